The Labute approximate surface area is 94.1 Å². The van der Waals surface area contributed by atoms with Crippen molar-refractivity contribution in [3.05, 3.63) is 35.6 Å². The van der Waals surface area contributed by atoms with Gasteiger partial charge in [0.2, 0.25) is 0 Å². The summed E-state index contributed by atoms with van der Waals surface area (Å²) in [5, 5.41) is 16.3. The average Bonchev–Trinajstić information content (AvgIpc) is 2.59. The minimum atomic E-state index is 0.405. The maximum atomic E-state index is 7.89. The molecule has 0 fully saturated rings. The molecular weight excluding hydrogens is 200 g/mol. The van der Waals surface area contributed by atoms with Crippen molar-refractivity contribution in [3.8, 4) is 0 Å². The topological polar surface area (TPSA) is 60.8 Å². The molecule has 3 nitrogen and oxygen atoms in total. The third-order valence-corrected chi connectivity index (χ3v) is 2.56. The highest BCUT2D eigenvalue weighted by Gasteiger charge is 2.07. The lowest BCUT2D eigenvalue weighted by Gasteiger charge is -2.03. The second-order valence-electron chi connectivity index (χ2n) is 4.07. The summed E-state index contributed by atoms with van der Waals surface area (Å²) in [6.07, 6.45) is 2.13. The standard InChI is InChI=1S/C13H14N2O/c1-8-7-16-13-4-3-10(6-11(8)13)12(15)5-9(2)14/h3-4,6-7,14-15H,5H2,1-2H3. The molecule has 1 aromatic carbocycles. The van der Waals surface area contributed by atoms with Gasteiger partial charge in [0.15, 0.2) is 0 Å². The van der Waals surface area contributed by atoms with Crippen molar-refractivity contribution in [1.82, 2.24) is 0 Å². The fraction of sp³-hybridized carbons (Fsp3) is 0.231. The van der Waals surface area contributed by atoms with E-state index in [2.05, 4.69) is 0 Å². The van der Waals surface area contributed by atoms with Crippen LogP contribution in [0, 0.1) is 17.7 Å². The normalized spacial score (nSPS) is 10.6. The Morgan fingerprint density at radius 3 is 2.75 bits per heavy atom. The van der Waals surface area contributed by atoms with Crippen molar-refractivity contribution >= 4 is 22.4 Å². The molecular formula is C13H14N2O. The number of nitrogens with one attached hydrogen (secondary N) is 2. The van der Waals surface area contributed by atoms with Gasteiger partial charge in [-0.25, -0.2) is 0 Å². The first kappa shape index (κ1) is 10.6. The fourth-order valence-electron chi connectivity index (χ4n) is 1.71. The molecule has 0 aliphatic rings. The monoisotopic (exact) mass is 214 g/mol. The summed E-state index contributed by atoms with van der Waals surface area (Å²) in [4.78, 5) is 0. The first-order valence-electron chi connectivity index (χ1n) is 5.17. The smallest absolute Gasteiger partial charge is 0.134 e. The van der Waals surface area contributed by atoms with Crippen LogP contribution in [0.5, 0.6) is 0 Å². The van der Waals surface area contributed by atoms with Crippen LogP contribution in [0.4, 0.5) is 0 Å². The second-order valence-corrected chi connectivity index (χ2v) is 4.07. The van der Waals surface area contributed by atoms with Gasteiger partial charge in [0.1, 0.15) is 5.58 Å². The third-order valence-electron chi connectivity index (χ3n) is 2.56. The van der Waals surface area contributed by atoms with Crippen molar-refractivity contribution in [2.45, 2.75) is 20.3 Å². The van der Waals surface area contributed by atoms with E-state index in [1.807, 2.05) is 25.1 Å². The molecule has 0 amide bonds. The van der Waals surface area contributed by atoms with Crippen LogP contribution < -0.4 is 0 Å². The highest BCUT2D eigenvalue weighted by molar-refractivity contribution is 6.10. The Morgan fingerprint density at radius 2 is 2.06 bits per heavy atom. The molecule has 0 unspecified atom stereocenters. The van der Waals surface area contributed by atoms with Gasteiger partial charge in [-0.3, -0.25) is 0 Å². The zero-order valence-electron chi connectivity index (χ0n) is 9.42. The maximum absolute atomic E-state index is 7.89. The van der Waals surface area contributed by atoms with Crippen molar-refractivity contribution in [1.29, 1.82) is 10.8 Å². The molecule has 0 radical (unpaired) electrons. The van der Waals surface area contributed by atoms with Crippen LogP contribution in [0.1, 0.15) is 24.5 Å². The van der Waals surface area contributed by atoms with Crippen molar-refractivity contribution < 1.29 is 4.42 Å². The van der Waals surface area contributed by atoms with Gasteiger partial charge in [0, 0.05) is 23.2 Å². The number of rotatable bonds is 3. The van der Waals surface area contributed by atoms with Crippen LogP contribution in [-0.2, 0) is 0 Å². The van der Waals surface area contributed by atoms with E-state index < -0.39 is 0 Å². The Morgan fingerprint density at radius 1 is 1.31 bits per heavy atom. The predicted molar refractivity (Wildman–Crippen MR) is 65.8 cm³/mol. The molecule has 0 aliphatic heterocycles. The molecule has 0 spiro atoms. The lowest BCUT2D eigenvalue weighted by atomic mass is 10.0. The van der Waals surface area contributed by atoms with Gasteiger partial charge >= 0.3 is 0 Å². The van der Waals surface area contributed by atoms with Crippen molar-refractivity contribution in [2.75, 3.05) is 0 Å². The number of hydrogen-bond acceptors (Lipinski definition) is 3. The van der Waals surface area contributed by atoms with Gasteiger partial charge in [0.05, 0.1) is 6.26 Å². The Kier molecular flexibility index (Phi) is 2.60. The Bertz CT molecular complexity index is 566. The molecule has 0 aliphatic carbocycles. The first-order valence-corrected chi connectivity index (χ1v) is 5.17. The van der Waals surface area contributed by atoms with Crippen molar-refractivity contribution in [2.24, 2.45) is 0 Å². The minimum absolute atomic E-state index is 0.405. The van der Waals surface area contributed by atoms with Crippen LogP contribution in [0.15, 0.2) is 28.9 Å². The van der Waals surface area contributed by atoms with Crippen LogP contribution in [0.2, 0.25) is 0 Å². The van der Waals surface area contributed by atoms with Gasteiger partial charge in [0.25, 0.3) is 0 Å². The zero-order valence-corrected chi connectivity index (χ0v) is 9.42. The van der Waals surface area contributed by atoms with Gasteiger partial charge in [-0.2, -0.15) is 0 Å². The molecule has 0 saturated carbocycles. The molecule has 0 bridgehead atoms. The number of fused-ring (bicyclic) bond motifs is 1. The van der Waals surface area contributed by atoms with Crippen molar-refractivity contribution in [3.63, 3.8) is 0 Å². The number of aryl methyl sites for hydroxylation is 1. The lowest BCUT2D eigenvalue weighted by Crippen LogP contribution is -2.04. The summed E-state index contributed by atoms with van der Waals surface area (Å²) in [6, 6.07) is 5.71. The predicted octanol–water partition coefficient (Wildman–Crippen LogP) is 3.54. The van der Waals surface area contributed by atoms with E-state index in [0.717, 1.165) is 22.1 Å². The largest absolute Gasteiger partial charge is 0.464 e. The maximum Gasteiger partial charge on any atom is 0.134 e. The quantitative estimate of drug-likeness (QED) is 0.754. The van der Waals surface area contributed by atoms with E-state index in [0.29, 0.717) is 17.8 Å². The molecule has 2 aromatic rings. The first-order chi connectivity index (χ1) is 7.58. The van der Waals surface area contributed by atoms with Crippen LogP contribution >= 0.6 is 0 Å². The highest BCUT2D eigenvalue weighted by atomic mass is 16.3. The average molecular weight is 214 g/mol. The van der Waals surface area contributed by atoms with E-state index in [1.165, 1.54) is 0 Å². The van der Waals surface area contributed by atoms with E-state index in [-0.39, 0.29) is 0 Å². The summed E-state index contributed by atoms with van der Waals surface area (Å²) in [5.41, 5.74) is 3.78. The van der Waals surface area contributed by atoms with Gasteiger partial charge < -0.3 is 15.2 Å². The van der Waals surface area contributed by atoms with Crippen LogP contribution in [0.25, 0.3) is 11.0 Å². The summed E-state index contributed by atoms with van der Waals surface area (Å²) < 4.78 is 5.35. The molecule has 82 valence electrons. The Hall–Kier alpha value is -1.90. The van der Waals surface area contributed by atoms with E-state index in [4.69, 9.17) is 15.2 Å². The van der Waals surface area contributed by atoms with E-state index in [9.17, 15) is 0 Å². The number of benzene rings is 1. The summed E-state index contributed by atoms with van der Waals surface area (Å²) in [7, 11) is 0. The molecule has 16 heavy (non-hydrogen) atoms. The van der Waals surface area contributed by atoms with E-state index >= 15 is 0 Å². The number of furan rings is 1. The van der Waals surface area contributed by atoms with Crippen LogP contribution in [-0.4, -0.2) is 11.4 Å². The van der Waals surface area contributed by atoms with Gasteiger partial charge in [-0.15, -0.1) is 0 Å². The summed E-state index contributed by atoms with van der Waals surface area (Å²) in [6.45, 7) is 3.71. The third kappa shape index (κ3) is 1.89. The summed E-state index contributed by atoms with van der Waals surface area (Å²) >= 11 is 0. The second kappa shape index (κ2) is 3.93. The van der Waals surface area contributed by atoms with Gasteiger partial charge in [-0.1, -0.05) is 0 Å². The fourth-order valence-corrected chi connectivity index (χ4v) is 1.71. The molecule has 2 N–H and O–H groups in total. The Balaban J connectivity index is 2.42. The lowest BCUT2D eigenvalue weighted by molar-refractivity contribution is 0.613. The minimum Gasteiger partial charge on any atom is -0.464 e. The molecule has 1 heterocycles. The van der Waals surface area contributed by atoms with Gasteiger partial charge in [-0.05, 0) is 43.2 Å². The molecule has 0 saturated heterocycles. The molecule has 2 rings (SSSR count). The molecule has 1 aromatic heterocycles. The summed E-state index contributed by atoms with van der Waals surface area (Å²) in [5.74, 6) is 0. The van der Waals surface area contributed by atoms with E-state index in [1.54, 1.807) is 13.2 Å². The zero-order chi connectivity index (χ0) is 11.7. The molecule has 0 atom stereocenters. The highest BCUT2D eigenvalue weighted by Crippen LogP contribution is 2.22. The number of hydrogen-bond donors (Lipinski definition) is 2. The molecule has 3 heteroatoms. The SMILES string of the molecule is CC(=N)CC(=N)c1ccc2occ(C)c2c1. The van der Waals surface area contributed by atoms with Crippen LogP contribution in [0.3, 0.4) is 0 Å².